The summed E-state index contributed by atoms with van der Waals surface area (Å²) in [4.78, 5) is 15.1. The number of aryl methyl sites for hydroxylation is 1. The number of para-hydroxylation sites is 1. The van der Waals surface area contributed by atoms with Gasteiger partial charge in [-0.25, -0.2) is 8.78 Å². The summed E-state index contributed by atoms with van der Waals surface area (Å²) < 4.78 is 32.7. The van der Waals surface area contributed by atoms with Gasteiger partial charge < -0.3 is 20.2 Å². The van der Waals surface area contributed by atoms with Crippen LogP contribution < -0.4 is 5.73 Å². The molecular weight excluding hydrogens is 450 g/mol. The summed E-state index contributed by atoms with van der Waals surface area (Å²) in [6.07, 6.45) is 1.20. The van der Waals surface area contributed by atoms with Crippen molar-refractivity contribution in [3.63, 3.8) is 0 Å². The molecule has 0 aliphatic heterocycles. The number of hydrogen-bond acceptors (Lipinski definition) is 4. The minimum atomic E-state index is -1.13. The number of aliphatic hydroxyl groups is 1. The first-order chi connectivity index (χ1) is 16.8. The van der Waals surface area contributed by atoms with Gasteiger partial charge in [0.15, 0.2) is 0 Å². The highest BCUT2D eigenvalue weighted by Crippen LogP contribution is 2.23. The third-order valence-electron chi connectivity index (χ3n) is 6.07. The maximum Gasteiger partial charge on any atom is 0.258 e. The Labute approximate surface area is 202 Å². The summed E-state index contributed by atoms with van der Waals surface area (Å²) in [7, 11) is 0. The van der Waals surface area contributed by atoms with Gasteiger partial charge in [0.2, 0.25) is 0 Å². The van der Waals surface area contributed by atoms with Crippen LogP contribution in [-0.2, 0) is 19.4 Å². The molecule has 5 nitrogen and oxygen atoms in total. The quantitative estimate of drug-likeness (QED) is 0.361. The third-order valence-corrected chi connectivity index (χ3v) is 6.07. The lowest BCUT2D eigenvalue weighted by molar-refractivity contribution is 0.0555. The Morgan fingerprint density at radius 3 is 2.46 bits per heavy atom. The predicted molar refractivity (Wildman–Crippen MR) is 131 cm³/mol. The average molecular weight is 479 g/mol. The van der Waals surface area contributed by atoms with Gasteiger partial charge in [0.1, 0.15) is 23.5 Å². The fourth-order valence-corrected chi connectivity index (χ4v) is 4.20. The number of nitrogens with zero attached hydrogens (tertiary/aromatic N) is 1. The minimum Gasteiger partial charge on any atom is -0.463 e. The van der Waals surface area contributed by atoms with Gasteiger partial charge in [0.05, 0.1) is 11.7 Å². The summed E-state index contributed by atoms with van der Waals surface area (Å²) in [5.74, 6) is -1.72. The summed E-state index contributed by atoms with van der Waals surface area (Å²) >= 11 is 0. The molecule has 35 heavy (non-hydrogen) atoms. The molecule has 0 saturated carbocycles. The number of rotatable bonds is 9. The lowest BCUT2D eigenvalue weighted by atomic mass is 10.0. The molecule has 3 N–H and O–H groups in total. The molecular formula is C28H28F2N2O3. The molecule has 3 aromatic carbocycles. The largest absolute Gasteiger partial charge is 0.463 e. The van der Waals surface area contributed by atoms with Crippen molar-refractivity contribution in [2.24, 2.45) is 5.73 Å². The van der Waals surface area contributed by atoms with E-state index in [0.717, 1.165) is 23.6 Å². The van der Waals surface area contributed by atoms with Gasteiger partial charge in [-0.15, -0.1) is 0 Å². The molecule has 7 heteroatoms. The van der Waals surface area contributed by atoms with E-state index in [9.17, 15) is 18.7 Å². The second-order valence-electron chi connectivity index (χ2n) is 8.72. The molecule has 1 heterocycles. The maximum absolute atomic E-state index is 13.6. The zero-order valence-electron chi connectivity index (χ0n) is 19.5. The summed E-state index contributed by atoms with van der Waals surface area (Å²) in [6, 6.07) is 17.5. The zero-order valence-corrected chi connectivity index (χ0v) is 19.5. The first-order valence-electron chi connectivity index (χ1n) is 11.6. The van der Waals surface area contributed by atoms with Crippen molar-refractivity contribution >= 4 is 16.9 Å². The topological polar surface area (TPSA) is 79.7 Å². The van der Waals surface area contributed by atoms with Crippen molar-refractivity contribution < 1.29 is 23.1 Å². The number of carbonyl (C=O) groups excluding carboxylic acids is 1. The molecule has 4 aromatic rings. The Kier molecular flexibility index (Phi) is 7.58. The van der Waals surface area contributed by atoms with Crippen LogP contribution in [0.5, 0.6) is 0 Å². The van der Waals surface area contributed by atoms with Gasteiger partial charge in [-0.3, -0.25) is 4.79 Å². The highest BCUT2D eigenvalue weighted by Gasteiger charge is 2.26. The Bertz CT molecular complexity index is 1300. The van der Waals surface area contributed by atoms with E-state index in [4.69, 9.17) is 10.2 Å². The Morgan fingerprint density at radius 2 is 1.71 bits per heavy atom. The summed E-state index contributed by atoms with van der Waals surface area (Å²) in [5.41, 5.74) is 9.56. The minimum absolute atomic E-state index is 0.0534. The maximum atomic E-state index is 13.6. The van der Waals surface area contributed by atoms with E-state index < -0.39 is 23.8 Å². The predicted octanol–water partition coefficient (Wildman–Crippen LogP) is 4.85. The van der Waals surface area contributed by atoms with Crippen LogP contribution in [0.2, 0.25) is 0 Å². The molecule has 0 fully saturated rings. The molecule has 1 amide bonds. The van der Waals surface area contributed by atoms with Gasteiger partial charge >= 0.3 is 0 Å². The van der Waals surface area contributed by atoms with E-state index in [0.29, 0.717) is 22.1 Å². The third kappa shape index (κ3) is 5.93. The molecule has 2 atom stereocenters. The summed E-state index contributed by atoms with van der Waals surface area (Å²) in [6.45, 7) is 2.25. The van der Waals surface area contributed by atoms with Gasteiger partial charge in [0.25, 0.3) is 5.91 Å². The first-order valence-corrected chi connectivity index (χ1v) is 11.6. The molecule has 0 aliphatic carbocycles. The highest BCUT2D eigenvalue weighted by atomic mass is 19.1. The van der Waals surface area contributed by atoms with Gasteiger partial charge in [-0.2, -0.15) is 0 Å². The van der Waals surface area contributed by atoms with Crippen LogP contribution in [0.15, 0.2) is 77.4 Å². The van der Waals surface area contributed by atoms with Crippen molar-refractivity contribution in [2.45, 2.75) is 38.5 Å². The van der Waals surface area contributed by atoms with Crippen LogP contribution in [0.25, 0.3) is 11.0 Å². The van der Waals surface area contributed by atoms with Crippen LogP contribution in [0.4, 0.5) is 8.78 Å². The standard InChI is InChI=1S/C28H28F2N2O3/c1-2-18-6-5-7-19(10-18)15-32(28(34)24-17-35-27-9-4-3-8-23(24)27)16-26(33)25(31)13-20-11-21(29)14-22(30)12-20/h3-12,14,17,25-26,33H,2,13,15-16,31H2,1H3/t25-,26+/m0/s1. The van der Waals surface area contributed by atoms with Crippen LogP contribution in [-0.4, -0.2) is 34.6 Å². The molecule has 1 aromatic heterocycles. The SMILES string of the molecule is CCc1cccc(CN(C[C@@H](O)[C@@H](N)Cc2cc(F)cc(F)c2)C(=O)c2coc3ccccc23)c1. The second-order valence-corrected chi connectivity index (χ2v) is 8.72. The van der Waals surface area contributed by atoms with Crippen molar-refractivity contribution in [1.29, 1.82) is 0 Å². The lowest BCUT2D eigenvalue weighted by Gasteiger charge is -2.28. The zero-order chi connectivity index (χ0) is 24.9. The van der Waals surface area contributed by atoms with E-state index in [-0.39, 0.29) is 25.4 Å². The van der Waals surface area contributed by atoms with E-state index in [1.807, 2.05) is 42.5 Å². The Hall–Kier alpha value is -3.55. The molecule has 0 spiro atoms. The number of benzene rings is 3. The van der Waals surface area contributed by atoms with Crippen LogP contribution in [0.1, 0.15) is 34.0 Å². The van der Waals surface area contributed by atoms with Crippen molar-refractivity contribution in [1.82, 2.24) is 4.90 Å². The van der Waals surface area contributed by atoms with Crippen molar-refractivity contribution in [3.8, 4) is 0 Å². The number of furan rings is 1. The number of carbonyl (C=O) groups is 1. The fraction of sp³-hybridized carbons (Fsp3) is 0.250. The van der Waals surface area contributed by atoms with Crippen molar-refractivity contribution in [3.05, 3.63) is 107 Å². The molecule has 182 valence electrons. The molecule has 4 rings (SSSR count). The highest BCUT2D eigenvalue weighted by molar-refractivity contribution is 6.05. The fourth-order valence-electron chi connectivity index (χ4n) is 4.20. The monoisotopic (exact) mass is 478 g/mol. The number of aliphatic hydroxyl groups excluding tert-OH is 1. The van der Waals surface area contributed by atoms with Crippen LogP contribution in [0.3, 0.4) is 0 Å². The Morgan fingerprint density at radius 1 is 1.00 bits per heavy atom. The van der Waals surface area contributed by atoms with E-state index in [1.54, 1.807) is 6.07 Å². The molecule has 0 saturated heterocycles. The number of nitrogens with two attached hydrogens (primary N) is 1. The number of hydrogen-bond donors (Lipinski definition) is 2. The van der Waals surface area contributed by atoms with E-state index >= 15 is 0 Å². The van der Waals surface area contributed by atoms with Gasteiger partial charge in [-0.05, 0) is 47.7 Å². The molecule has 0 unspecified atom stereocenters. The smallest absolute Gasteiger partial charge is 0.258 e. The van der Waals surface area contributed by atoms with E-state index in [2.05, 4.69) is 6.92 Å². The van der Waals surface area contributed by atoms with Gasteiger partial charge in [0, 0.05) is 30.6 Å². The first kappa shape index (κ1) is 24.6. The number of fused-ring (bicyclic) bond motifs is 1. The summed E-state index contributed by atoms with van der Waals surface area (Å²) in [5, 5.41) is 11.6. The second kappa shape index (κ2) is 10.8. The van der Waals surface area contributed by atoms with E-state index in [1.165, 1.54) is 23.3 Å². The normalized spacial score (nSPS) is 13.1. The van der Waals surface area contributed by atoms with Crippen molar-refractivity contribution in [2.75, 3.05) is 6.54 Å². The van der Waals surface area contributed by atoms with Crippen LogP contribution in [0, 0.1) is 11.6 Å². The number of halogens is 2. The molecule has 0 aliphatic rings. The van der Waals surface area contributed by atoms with Crippen LogP contribution >= 0.6 is 0 Å². The Balaban J connectivity index is 1.58. The average Bonchev–Trinajstić information content (AvgIpc) is 3.26. The molecule has 0 bridgehead atoms. The van der Waals surface area contributed by atoms with Gasteiger partial charge in [-0.1, -0.05) is 49.4 Å². The lowest BCUT2D eigenvalue weighted by Crippen LogP contribution is -2.46. The number of amides is 1. The molecule has 0 radical (unpaired) electrons.